The van der Waals surface area contributed by atoms with Crippen molar-refractivity contribution >= 4 is 11.7 Å². The maximum Gasteiger partial charge on any atom is 0.253 e. The van der Waals surface area contributed by atoms with E-state index in [2.05, 4.69) is 0 Å². The number of likely N-dealkylation sites (tertiary alicyclic amines) is 1. The Labute approximate surface area is 143 Å². The van der Waals surface area contributed by atoms with Crippen LogP contribution in [0.4, 0.5) is 0 Å². The molecular weight excluding hydrogens is 298 g/mol. The molecule has 0 spiro atoms. The minimum absolute atomic E-state index is 0.0556. The van der Waals surface area contributed by atoms with Gasteiger partial charge >= 0.3 is 0 Å². The quantitative estimate of drug-likeness (QED) is 0.856. The number of hydrogen-bond donors (Lipinski definition) is 0. The van der Waals surface area contributed by atoms with Crippen molar-refractivity contribution in [3.63, 3.8) is 0 Å². The first kappa shape index (κ1) is 16.4. The number of rotatable bonds is 4. The van der Waals surface area contributed by atoms with Gasteiger partial charge in [0, 0.05) is 30.5 Å². The van der Waals surface area contributed by atoms with Crippen molar-refractivity contribution in [2.75, 3.05) is 13.1 Å². The minimum Gasteiger partial charge on any atom is -0.339 e. The van der Waals surface area contributed by atoms with Crippen LogP contribution in [-0.2, 0) is 4.79 Å². The molecule has 0 aromatic heterocycles. The summed E-state index contributed by atoms with van der Waals surface area (Å²) in [5.41, 5.74) is 1.80. The highest BCUT2D eigenvalue weighted by Crippen LogP contribution is 2.27. The van der Waals surface area contributed by atoms with Gasteiger partial charge in [0.2, 0.25) is 0 Å². The molecule has 124 valence electrons. The third-order valence-corrected chi connectivity index (χ3v) is 4.93. The monoisotopic (exact) mass is 321 g/mol. The predicted molar refractivity (Wildman–Crippen MR) is 94.9 cm³/mol. The Morgan fingerprint density at radius 3 is 2.04 bits per heavy atom. The van der Waals surface area contributed by atoms with E-state index in [4.69, 9.17) is 0 Å². The van der Waals surface area contributed by atoms with Crippen LogP contribution < -0.4 is 0 Å². The summed E-state index contributed by atoms with van der Waals surface area (Å²) in [6.45, 7) is 3.30. The molecule has 0 unspecified atom stereocenters. The maximum atomic E-state index is 12.7. The van der Waals surface area contributed by atoms with E-state index in [0.29, 0.717) is 18.9 Å². The van der Waals surface area contributed by atoms with Gasteiger partial charge in [0.15, 0.2) is 0 Å². The van der Waals surface area contributed by atoms with Gasteiger partial charge in [-0.25, -0.2) is 0 Å². The standard InChI is InChI=1S/C21H23NO2/c1-16(17-8-4-2-5-9-17)20(23)18-12-14-22(15-13-18)21(24)19-10-6-3-7-11-19/h2-11,16,18H,12-15H2,1H3/t16-/m0/s1. The van der Waals surface area contributed by atoms with Gasteiger partial charge in [-0.3, -0.25) is 9.59 Å². The molecular formula is C21H23NO2. The molecule has 1 atom stereocenters. The van der Waals surface area contributed by atoms with Gasteiger partial charge in [-0.1, -0.05) is 55.5 Å². The highest BCUT2D eigenvalue weighted by Gasteiger charge is 2.30. The Kier molecular flexibility index (Phi) is 5.09. The largest absolute Gasteiger partial charge is 0.339 e. The lowest BCUT2D eigenvalue weighted by molar-refractivity contribution is -0.125. The van der Waals surface area contributed by atoms with Crippen LogP contribution in [0.1, 0.15) is 41.6 Å². The van der Waals surface area contributed by atoms with Crippen molar-refractivity contribution in [3.05, 3.63) is 71.8 Å². The number of carbonyl (C=O) groups excluding carboxylic acids is 2. The molecule has 1 aliphatic heterocycles. The van der Waals surface area contributed by atoms with Crippen LogP contribution in [0.5, 0.6) is 0 Å². The van der Waals surface area contributed by atoms with E-state index in [1.807, 2.05) is 72.5 Å². The number of Topliss-reactive ketones (excluding diaryl/α,β-unsaturated/α-hetero) is 1. The summed E-state index contributed by atoms with van der Waals surface area (Å²) in [4.78, 5) is 27.1. The van der Waals surface area contributed by atoms with Crippen molar-refractivity contribution in [2.24, 2.45) is 5.92 Å². The van der Waals surface area contributed by atoms with Crippen LogP contribution in [0.2, 0.25) is 0 Å². The number of hydrogen-bond acceptors (Lipinski definition) is 2. The fourth-order valence-electron chi connectivity index (χ4n) is 3.39. The summed E-state index contributed by atoms with van der Waals surface area (Å²) < 4.78 is 0. The first-order chi connectivity index (χ1) is 11.7. The molecule has 2 aromatic carbocycles. The molecule has 0 N–H and O–H groups in total. The first-order valence-corrected chi connectivity index (χ1v) is 8.60. The molecule has 3 heteroatoms. The average molecular weight is 321 g/mol. The fraction of sp³-hybridized carbons (Fsp3) is 0.333. The summed E-state index contributed by atoms with van der Waals surface area (Å²) in [7, 11) is 0. The molecule has 2 aromatic rings. The van der Waals surface area contributed by atoms with E-state index in [1.165, 1.54) is 0 Å². The lowest BCUT2D eigenvalue weighted by Crippen LogP contribution is -2.41. The SMILES string of the molecule is C[C@H](C(=O)C1CCN(C(=O)c2ccccc2)CC1)c1ccccc1. The van der Waals surface area contributed by atoms with Crippen LogP contribution in [-0.4, -0.2) is 29.7 Å². The molecule has 3 nitrogen and oxygen atoms in total. The van der Waals surface area contributed by atoms with Crippen LogP contribution in [0, 0.1) is 5.92 Å². The second-order valence-corrected chi connectivity index (χ2v) is 6.47. The van der Waals surface area contributed by atoms with Crippen LogP contribution in [0.15, 0.2) is 60.7 Å². The van der Waals surface area contributed by atoms with Gasteiger partial charge in [-0.2, -0.15) is 0 Å². The Morgan fingerprint density at radius 2 is 1.46 bits per heavy atom. The number of carbonyl (C=O) groups is 2. The van der Waals surface area contributed by atoms with Gasteiger partial charge in [-0.05, 0) is 30.5 Å². The molecule has 1 amide bonds. The zero-order valence-electron chi connectivity index (χ0n) is 14.0. The summed E-state index contributed by atoms with van der Waals surface area (Å²) >= 11 is 0. The topological polar surface area (TPSA) is 37.4 Å². The van der Waals surface area contributed by atoms with Crippen molar-refractivity contribution in [2.45, 2.75) is 25.7 Å². The molecule has 24 heavy (non-hydrogen) atoms. The average Bonchev–Trinajstić information content (AvgIpc) is 2.68. The lowest BCUT2D eigenvalue weighted by Gasteiger charge is -2.32. The van der Waals surface area contributed by atoms with Gasteiger partial charge in [0.1, 0.15) is 5.78 Å². The highest BCUT2D eigenvalue weighted by molar-refractivity contribution is 5.94. The molecule has 0 saturated carbocycles. The van der Waals surface area contributed by atoms with Crippen molar-refractivity contribution in [1.29, 1.82) is 0 Å². The van der Waals surface area contributed by atoms with Crippen molar-refractivity contribution in [1.82, 2.24) is 4.90 Å². The van der Waals surface area contributed by atoms with Gasteiger partial charge in [0.05, 0.1) is 0 Å². The number of amides is 1. The molecule has 1 saturated heterocycles. The fourth-order valence-corrected chi connectivity index (χ4v) is 3.39. The molecule has 0 aliphatic carbocycles. The Hall–Kier alpha value is -2.42. The predicted octanol–water partition coefficient (Wildman–Crippen LogP) is 3.91. The number of nitrogens with zero attached hydrogens (tertiary/aromatic N) is 1. The van der Waals surface area contributed by atoms with E-state index in [0.717, 1.165) is 24.0 Å². The first-order valence-electron chi connectivity index (χ1n) is 8.60. The Balaban J connectivity index is 1.59. The maximum absolute atomic E-state index is 12.7. The third kappa shape index (κ3) is 3.56. The summed E-state index contributed by atoms with van der Waals surface area (Å²) in [5.74, 6) is 0.346. The number of benzene rings is 2. The molecule has 0 radical (unpaired) electrons. The number of piperidine rings is 1. The highest BCUT2D eigenvalue weighted by atomic mass is 16.2. The summed E-state index contributed by atoms with van der Waals surface area (Å²) in [6, 6.07) is 19.3. The van der Waals surface area contributed by atoms with E-state index in [9.17, 15) is 9.59 Å². The lowest BCUT2D eigenvalue weighted by atomic mass is 9.83. The van der Waals surface area contributed by atoms with Crippen LogP contribution in [0.25, 0.3) is 0 Å². The molecule has 1 fully saturated rings. The summed E-state index contributed by atoms with van der Waals surface area (Å²) in [5, 5.41) is 0. The zero-order valence-corrected chi connectivity index (χ0v) is 14.0. The normalized spacial score (nSPS) is 16.6. The molecule has 1 heterocycles. The molecule has 0 bridgehead atoms. The Morgan fingerprint density at radius 1 is 0.917 bits per heavy atom. The molecule has 1 aliphatic rings. The molecule has 3 rings (SSSR count). The number of ketones is 1. The van der Waals surface area contributed by atoms with Crippen molar-refractivity contribution < 1.29 is 9.59 Å². The third-order valence-electron chi connectivity index (χ3n) is 4.93. The van der Waals surface area contributed by atoms with E-state index < -0.39 is 0 Å². The second-order valence-electron chi connectivity index (χ2n) is 6.47. The van der Waals surface area contributed by atoms with Crippen LogP contribution >= 0.6 is 0 Å². The van der Waals surface area contributed by atoms with Gasteiger partial charge < -0.3 is 4.90 Å². The van der Waals surface area contributed by atoms with E-state index in [1.54, 1.807) is 0 Å². The summed E-state index contributed by atoms with van der Waals surface area (Å²) in [6.07, 6.45) is 1.52. The zero-order chi connectivity index (χ0) is 16.9. The van der Waals surface area contributed by atoms with Crippen LogP contribution in [0.3, 0.4) is 0 Å². The minimum atomic E-state index is -0.0763. The van der Waals surface area contributed by atoms with E-state index in [-0.39, 0.29) is 17.7 Å². The Bertz CT molecular complexity index is 688. The van der Waals surface area contributed by atoms with Gasteiger partial charge in [0.25, 0.3) is 5.91 Å². The second kappa shape index (κ2) is 7.43. The van der Waals surface area contributed by atoms with Gasteiger partial charge in [-0.15, -0.1) is 0 Å². The van der Waals surface area contributed by atoms with Crippen molar-refractivity contribution in [3.8, 4) is 0 Å². The smallest absolute Gasteiger partial charge is 0.253 e. The van der Waals surface area contributed by atoms with E-state index >= 15 is 0 Å².